The number of rotatable bonds is 4. The molecule has 120 valence electrons. The van der Waals surface area contributed by atoms with Crippen LogP contribution in [0.2, 0.25) is 0 Å². The van der Waals surface area contributed by atoms with Gasteiger partial charge in [0.15, 0.2) is 0 Å². The predicted octanol–water partition coefficient (Wildman–Crippen LogP) is 5.65. The molecule has 0 fully saturated rings. The normalized spacial score (nSPS) is 10.6. The van der Waals surface area contributed by atoms with Gasteiger partial charge in [0.1, 0.15) is 0 Å². The fraction of sp³-hybridized carbons (Fsp3) is 0.211. The molecule has 0 radical (unpaired) electrons. The number of fused-ring (bicyclic) bond motifs is 1. The predicted molar refractivity (Wildman–Crippen MR) is 104 cm³/mol. The van der Waals surface area contributed by atoms with Gasteiger partial charge in [0.25, 0.3) is 0 Å². The van der Waals surface area contributed by atoms with E-state index < -0.39 is 0 Å². The Morgan fingerprint density at radius 1 is 1.17 bits per heavy atom. The fourth-order valence-corrected chi connectivity index (χ4v) is 3.32. The number of thioether (sulfide) groups is 1. The molecule has 2 nitrogen and oxygen atoms in total. The number of nitrogens with zero attached hydrogens (tertiary/aromatic N) is 2. The van der Waals surface area contributed by atoms with Gasteiger partial charge in [-0.15, -0.1) is 30.7 Å². The first-order valence-corrected chi connectivity index (χ1v) is 8.59. The molecule has 0 N–H and O–H groups in total. The van der Waals surface area contributed by atoms with Gasteiger partial charge in [0.05, 0.1) is 11.2 Å². The minimum Gasteiger partial charge on any atom is -0.339 e. The molecule has 23 heavy (non-hydrogen) atoms. The van der Waals surface area contributed by atoms with Crippen LogP contribution in [0.5, 0.6) is 0 Å². The zero-order valence-corrected chi connectivity index (χ0v) is 15.3. The third-order valence-electron chi connectivity index (χ3n) is 4.22. The average Bonchev–Trinajstić information content (AvgIpc) is 2.80. The molecule has 1 aromatic carbocycles. The standard InChI is InChI=1S/C19H20N2S.ClH/c1-5-12-21-14(3)13(2)17-10-11-20-18(19(17)21)15-6-8-16(22-4)9-7-15;/h5-11H,1,12H2,2-4H3;1H. The van der Waals surface area contributed by atoms with E-state index in [1.165, 1.54) is 27.1 Å². The summed E-state index contributed by atoms with van der Waals surface area (Å²) in [5.74, 6) is 0. The van der Waals surface area contributed by atoms with E-state index in [0.29, 0.717) is 0 Å². The molecule has 0 bridgehead atoms. The summed E-state index contributed by atoms with van der Waals surface area (Å²) in [4.78, 5) is 5.94. The van der Waals surface area contributed by atoms with Crippen LogP contribution in [0.4, 0.5) is 0 Å². The molecular weight excluding hydrogens is 324 g/mol. The molecule has 4 heteroatoms. The van der Waals surface area contributed by atoms with Crippen molar-refractivity contribution in [2.75, 3.05) is 6.26 Å². The Kier molecular flexibility index (Phi) is 5.55. The van der Waals surface area contributed by atoms with Gasteiger partial charge in [-0.25, -0.2) is 0 Å². The van der Waals surface area contributed by atoms with Crippen LogP contribution in [0.15, 0.2) is 54.1 Å². The summed E-state index contributed by atoms with van der Waals surface area (Å²) in [6.45, 7) is 9.04. The molecule has 0 saturated carbocycles. The van der Waals surface area contributed by atoms with Crippen molar-refractivity contribution >= 4 is 35.1 Å². The first-order valence-electron chi connectivity index (χ1n) is 7.37. The number of hydrogen-bond acceptors (Lipinski definition) is 2. The lowest BCUT2D eigenvalue weighted by molar-refractivity contribution is 0.824. The third-order valence-corrected chi connectivity index (χ3v) is 4.96. The molecule has 3 aromatic rings. The minimum absolute atomic E-state index is 0. The lowest BCUT2D eigenvalue weighted by atomic mass is 10.1. The van der Waals surface area contributed by atoms with Crippen molar-refractivity contribution in [2.24, 2.45) is 0 Å². The van der Waals surface area contributed by atoms with Crippen LogP contribution in [0.25, 0.3) is 22.2 Å². The minimum atomic E-state index is 0. The highest BCUT2D eigenvalue weighted by molar-refractivity contribution is 7.98. The first-order chi connectivity index (χ1) is 10.7. The summed E-state index contributed by atoms with van der Waals surface area (Å²) in [7, 11) is 0. The van der Waals surface area contributed by atoms with Crippen molar-refractivity contribution in [3.8, 4) is 11.3 Å². The quantitative estimate of drug-likeness (QED) is 0.449. The van der Waals surface area contributed by atoms with Crippen LogP contribution in [0.3, 0.4) is 0 Å². The number of benzene rings is 1. The highest BCUT2D eigenvalue weighted by Crippen LogP contribution is 2.33. The van der Waals surface area contributed by atoms with Crippen molar-refractivity contribution < 1.29 is 0 Å². The smallest absolute Gasteiger partial charge is 0.0945 e. The summed E-state index contributed by atoms with van der Waals surface area (Å²) >= 11 is 1.76. The Balaban J connectivity index is 0.00000192. The van der Waals surface area contributed by atoms with Gasteiger partial charge in [0, 0.05) is 34.3 Å². The van der Waals surface area contributed by atoms with E-state index in [9.17, 15) is 0 Å². The Bertz CT molecular complexity index is 835. The largest absolute Gasteiger partial charge is 0.339 e. The third kappa shape index (κ3) is 3.04. The average molecular weight is 345 g/mol. The molecule has 0 aliphatic carbocycles. The molecule has 0 aliphatic heterocycles. The van der Waals surface area contributed by atoms with Crippen molar-refractivity contribution in [1.82, 2.24) is 9.55 Å². The summed E-state index contributed by atoms with van der Waals surface area (Å²) < 4.78 is 2.31. The van der Waals surface area contributed by atoms with E-state index >= 15 is 0 Å². The van der Waals surface area contributed by atoms with Gasteiger partial charge >= 0.3 is 0 Å². The number of halogens is 1. The molecular formula is C19H21ClN2S. The van der Waals surface area contributed by atoms with Gasteiger partial charge in [-0.2, -0.15) is 0 Å². The highest BCUT2D eigenvalue weighted by Gasteiger charge is 2.15. The summed E-state index contributed by atoms with van der Waals surface area (Å²) in [5.41, 5.74) is 6.01. The fourth-order valence-electron chi connectivity index (χ4n) is 2.91. The van der Waals surface area contributed by atoms with E-state index in [4.69, 9.17) is 0 Å². The van der Waals surface area contributed by atoms with Gasteiger partial charge in [-0.3, -0.25) is 4.98 Å². The zero-order chi connectivity index (χ0) is 15.7. The first kappa shape index (κ1) is 17.6. The molecule has 0 spiro atoms. The molecule has 0 atom stereocenters. The van der Waals surface area contributed by atoms with Gasteiger partial charge < -0.3 is 4.57 Å². The second-order valence-corrected chi connectivity index (χ2v) is 6.27. The Morgan fingerprint density at radius 2 is 1.87 bits per heavy atom. The number of allylic oxidation sites excluding steroid dienone is 1. The molecule has 0 unspecified atom stereocenters. The number of hydrogen-bond donors (Lipinski definition) is 0. The lowest BCUT2D eigenvalue weighted by Gasteiger charge is -2.09. The van der Waals surface area contributed by atoms with Crippen LogP contribution in [0.1, 0.15) is 11.3 Å². The maximum absolute atomic E-state index is 4.67. The second-order valence-electron chi connectivity index (χ2n) is 5.39. The molecule has 3 rings (SSSR count). The van der Waals surface area contributed by atoms with Crippen LogP contribution in [-0.4, -0.2) is 15.8 Å². The maximum Gasteiger partial charge on any atom is 0.0945 e. The summed E-state index contributed by atoms with van der Waals surface area (Å²) in [6, 6.07) is 10.7. The second kappa shape index (κ2) is 7.24. The molecule has 0 aliphatic rings. The number of pyridine rings is 1. The van der Waals surface area contributed by atoms with E-state index in [-0.39, 0.29) is 12.4 Å². The van der Waals surface area contributed by atoms with E-state index in [1.807, 2.05) is 12.3 Å². The topological polar surface area (TPSA) is 17.8 Å². The van der Waals surface area contributed by atoms with Crippen molar-refractivity contribution in [1.29, 1.82) is 0 Å². The van der Waals surface area contributed by atoms with Crippen LogP contribution < -0.4 is 0 Å². The zero-order valence-electron chi connectivity index (χ0n) is 13.7. The number of aryl methyl sites for hydroxylation is 1. The monoisotopic (exact) mass is 344 g/mol. The Morgan fingerprint density at radius 3 is 2.48 bits per heavy atom. The molecule has 2 heterocycles. The molecule has 0 amide bonds. The SMILES string of the molecule is C=CCn1c(C)c(C)c2ccnc(-c3ccc(SC)cc3)c21.Cl. The van der Waals surface area contributed by atoms with Gasteiger partial charge in [-0.1, -0.05) is 18.2 Å². The maximum atomic E-state index is 4.67. The van der Waals surface area contributed by atoms with E-state index in [0.717, 1.165) is 17.8 Å². The van der Waals surface area contributed by atoms with Crippen molar-refractivity contribution in [3.63, 3.8) is 0 Å². The number of aromatic nitrogens is 2. The molecule has 2 aromatic heterocycles. The van der Waals surface area contributed by atoms with Crippen LogP contribution in [-0.2, 0) is 6.54 Å². The lowest BCUT2D eigenvalue weighted by Crippen LogP contribution is -1.99. The van der Waals surface area contributed by atoms with E-state index in [1.54, 1.807) is 11.8 Å². The van der Waals surface area contributed by atoms with Crippen molar-refractivity contribution in [2.45, 2.75) is 25.3 Å². The van der Waals surface area contributed by atoms with Gasteiger partial charge in [0.2, 0.25) is 0 Å². The summed E-state index contributed by atoms with van der Waals surface area (Å²) in [5, 5.41) is 1.28. The Labute approximate surface area is 148 Å². The van der Waals surface area contributed by atoms with E-state index in [2.05, 4.69) is 66.6 Å². The highest BCUT2D eigenvalue weighted by atomic mass is 35.5. The molecule has 0 saturated heterocycles. The van der Waals surface area contributed by atoms with Crippen LogP contribution >= 0.6 is 24.2 Å². The van der Waals surface area contributed by atoms with Crippen molar-refractivity contribution in [3.05, 3.63) is 60.4 Å². The van der Waals surface area contributed by atoms with Crippen LogP contribution in [0, 0.1) is 13.8 Å². The summed E-state index contributed by atoms with van der Waals surface area (Å²) in [6.07, 6.45) is 5.94. The Hall–Kier alpha value is -1.71. The van der Waals surface area contributed by atoms with Gasteiger partial charge in [-0.05, 0) is 43.9 Å².